The number of aryl methyl sites for hydroxylation is 1. The highest BCUT2D eigenvalue weighted by Gasteiger charge is 2.35. The molecule has 1 fully saturated rings. The van der Waals surface area contributed by atoms with Gasteiger partial charge in [0, 0.05) is 23.7 Å². The van der Waals surface area contributed by atoms with Gasteiger partial charge >= 0.3 is 0 Å². The van der Waals surface area contributed by atoms with E-state index in [1.807, 2.05) is 6.20 Å². The summed E-state index contributed by atoms with van der Waals surface area (Å²) in [5.41, 5.74) is 0. The second-order valence-corrected chi connectivity index (χ2v) is 5.44. The van der Waals surface area contributed by atoms with Gasteiger partial charge in [0.05, 0.1) is 5.01 Å². The molecule has 0 bridgehead atoms. The molecule has 1 heterocycles. The minimum atomic E-state index is 0.789. The monoisotopic (exact) mass is 210 g/mol. The zero-order valence-electron chi connectivity index (χ0n) is 8.92. The van der Waals surface area contributed by atoms with Gasteiger partial charge < -0.3 is 5.32 Å². The van der Waals surface area contributed by atoms with Gasteiger partial charge in [0.25, 0.3) is 0 Å². The van der Waals surface area contributed by atoms with Crippen LogP contribution in [-0.4, -0.2) is 11.0 Å². The van der Waals surface area contributed by atoms with Crippen molar-refractivity contribution in [3.63, 3.8) is 0 Å². The predicted octanol–water partition coefficient (Wildman–Crippen LogP) is 2.73. The molecule has 0 radical (unpaired) electrons. The highest BCUT2D eigenvalue weighted by Crippen LogP contribution is 2.34. The molecule has 1 aliphatic rings. The van der Waals surface area contributed by atoms with Crippen molar-refractivity contribution in [3.8, 4) is 0 Å². The lowest BCUT2D eigenvalue weighted by Crippen LogP contribution is -2.16. The first kappa shape index (κ1) is 10.1. The Morgan fingerprint density at radius 2 is 2.50 bits per heavy atom. The summed E-state index contributed by atoms with van der Waals surface area (Å²) in [5.74, 6) is 0.953. The molecule has 1 saturated carbocycles. The molecular formula is C11H18N2S. The van der Waals surface area contributed by atoms with Gasteiger partial charge in [-0.15, -0.1) is 11.3 Å². The Kier molecular flexibility index (Phi) is 3.19. The molecular weight excluding hydrogens is 192 g/mol. The van der Waals surface area contributed by atoms with Crippen LogP contribution < -0.4 is 5.32 Å². The highest BCUT2D eigenvalue weighted by atomic mass is 32.1. The predicted molar refractivity (Wildman–Crippen MR) is 60.5 cm³/mol. The zero-order chi connectivity index (χ0) is 9.97. The van der Waals surface area contributed by atoms with Gasteiger partial charge in [-0.25, -0.2) is 4.98 Å². The fourth-order valence-corrected chi connectivity index (χ4v) is 2.65. The molecule has 14 heavy (non-hydrogen) atoms. The Morgan fingerprint density at radius 1 is 1.64 bits per heavy atom. The lowest BCUT2D eigenvalue weighted by atomic mass is 10.2. The average Bonchev–Trinajstić information content (AvgIpc) is 2.77. The summed E-state index contributed by atoms with van der Waals surface area (Å²) < 4.78 is 0. The number of hydrogen-bond acceptors (Lipinski definition) is 3. The highest BCUT2D eigenvalue weighted by molar-refractivity contribution is 7.11. The summed E-state index contributed by atoms with van der Waals surface area (Å²) in [6.45, 7) is 5.34. The van der Waals surface area contributed by atoms with Crippen molar-refractivity contribution in [3.05, 3.63) is 16.1 Å². The molecule has 2 nitrogen and oxygen atoms in total. The lowest BCUT2D eigenvalue weighted by molar-refractivity contribution is 0.602. The van der Waals surface area contributed by atoms with Gasteiger partial charge in [-0.05, 0) is 25.7 Å². The molecule has 1 aromatic heterocycles. The van der Waals surface area contributed by atoms with E-state index < -0.39 is 0 Å². The van der Waals surface area contributed by atoms with E-state index in [1.54, 1.807) is 11.3 Å². The van der Waals surface area contributed by atoms with Crippen molar-refractivity contribution in [2.75, 3.05) is 0 Å². The van der Waals surface area contributed by atoms with Crippen molar-refractivity contribution >= 4 is 11.3 Å². The largest absolute Gasteiger partial charge is 0.309 e. The third-order valence-electron chi connectivity index (χ3n) is 2.79. The standard InChI is InChI=1S/C11H18N2S/c1-3-4-9-5-11(9)13-7-10-6-12-8(2)14-10/h6,9,11,13H,3-5,7H2,1-2H3. The van der Waals surface area contributed by atoms with E-state index in [2.05, 4.69) is 24.1 Å². The molecule has 0 aliphatic heterocycles. The molecule has 1 aliphatic carbocycles. The summed E-state index contributed by atoms with van der Waals surface area (Å²) in [4.78, 5) is 5.61. The Bertz CT molecular complexity index is 295. The SMILES string of the molecule is CCCC1CC1NCc1cnc(C)s1. The number of hydrogen-bond donors (Lipinski definition) is 1. The zero-order valence-corrected chi connectivity index (χ0v) is 9.73. The molecule has 0 amide bonds. The minimum absolute atomic E-state index is 0.789. The fourth-order valence-electron chi connectivity index (χ4n) is 1.91. The van der Waals surface area contributed by atoms with E-state index in [9.17, 15) is 0 Å². The Labute approximate surface area is 89.8 Å². The second kappa shape index (κ2) is 4.41. The first-order valence-corrected chi connectivity index (χ1v) is 6.26. The summed E-state index contributed by atoms with van der Waals surface area (Å²) in [5, 5.41) is 4.76. The van der Waals surface area contributed by atoms with Gasteiger partial charge in [0.15, 0.2) is 0 Å². The maximum atomic E-state index is 4.25. The molecule has 2 unspecified atom stereocenters. The van der Waals surface area contributed by atoms with E-state index in [4.69, 9.17) is 0 Å². The van der Waals surface area contributed by atoms with Crippen LogP contribution in [0.25, 0.3) is 0 Å². The number of rotatable bonds is 5. The van der Waals surface area contributed by atoms with Gasteiger partial charge in [-0.2, -0.15) is 0 Å². The minimum Gasteiger partial charge on any atom is -0.309 e. The van der Waals surface area contributed by atoms with Crippen LogP contribution in [0.4, 0.5) is 0 Å². The number of nitrogens with zero attached hydrogens (tertiary/aromatic N) is 1. The maximum Gasteiger partial charge on any atom is 0.0897 e. The fraction of sp³-hybridized carbons (Fsp3) is 0.727. The van der Waals surface area contributed by atoms with Crippen molar-refractivity contribution in [1.29, 1.82) is 0 Å². The van der Waals surface area contributed by atoms with Crippen molar-refractivity contribution in [2.45, 2.75) is 45.7 Å². The van der Waals surface area contributed by atoms with Crippen LogP contribution in [0.3, 0.4) is 0 Å². The quantitative estimate of drug-likeness (QED) is 0.808. The van der Waals surface area contributed by atoms with E-state index in [-0.39, 0.29) is 0 Å². The summed E-state index contributed by atoms with van der Waals surface area (Å²) in [7, 11) is 0. The average molecular weight is 210 g/mol. The first-order valence-electron chi connectivity index (χ1n) is 5.44. The second-order valence-electron chi connectivity index (χ2n) is 4.12. The normalized spacial score (nSPS) is 25.3. The maximum absolute atomic E-state index is 4.25. The van der Waals surface area contributed by atoms with E-state index in [1.165, 1.54) is 29.1 Å². The molecule has 3 heteroatoms. The van der Waals surface area contributed by atoms with Crippen molar-refractivity contribution in [2.24, 2.45) is 5.92 Å². The van der Waals surface area contributed by atoms with Crippen LogP contribution in [0, 0.1) is 12.8 Å². The molecule has 0 saturated heterocycles. The molecule has 1 aromatic rings. The smallest absolute Gasteiger partial charge is 0.0897 e. The third kappa shape index (κ3) is 2.55. The van der Waals surface area contributed by atoms with Crippen LogP contribution >= 0.6 is 11.3 Å². The van der Waals surface area contributed by atoms with E-state index in [0.29, 0.717) is 0 Å². The Balaban J connectivity index is 1.69. The number of thiazole rings is 1. The summed E-state index contributed by atoms with van der Waals surface area (Å²) >= 11 is 1.80. The molecule has 1 N–H and O–H groups in total. The van der Waals surface area contributed by atoms with Crippen LogP contribution in [-0.2, 0) is 6.54 Å². The Hall–Kier alpha value is -0.410. The van der Waals surface area contributed by atoms with Crippen LogP contribution in [0.2, 0.25) is 0 Å². The van der Waals surface area contributed by atoms with E-state index >= 15 is 0 Å². The van der Waals surface area contributed by atoms with Gasteiger partial charge in [-0.3, -0.25) is 0 Å². The van der Waals surface area contributed by atoms with Crippen molar-refractivity contribution in [1.82, 2.24) is 10.3 Å². The summed E-state index contributed by atoms with van der Waals surface area (Å²) in [6, 6.07) is 0.789. The molecule has 78 valence electrons. The topological polar surface area (TPSA) is 24.9 Å². The van der Waals surface area contributed by atoms with Crippen LogP contribution in [0.5, 0.6) is 0 Å². The van der Waals surface area contributed by atoms with Gasteiger partial charge in [0.2, 0.25) is 0 Å². The third-order valence-corrected chi connectivity index (χ3v) is 3.70. The first-order chi connectivity index (χ1) is 6.79. The van der Waals surface area contributed by atoms with Gasteiger partial charge in [0.1, 0.15) is 0 Å². The van der Waals surface area contributed by atoms with Gasteiger partial charge in [-0.1, -0.05) is 13.3 Å². The van der Waals surface area contributed by atoms with Crippen LogP contribution in [0.15, 0.2) is 6.20 Å². The van der Waals surface area contributed by atoms with Crippen LogP contribution in [0.1, 0.15) is 36.1 Å². The Morgan fingerprint density at radius 3 is 3.14 bits per heavy atom. The molecule has 2 atom stereocenters. The lowest BCUT2D eigenvalue weighted by Gasteiger charge is -2.00. The molecule has 0 spiro atoms. The number of nitrogens with one attached hydrogen (secondary N) is 1. The molecule has 0 aromatic carbocycles. The van der Waals surface area contributed by atoms with E-state index in [0.717, 1.165) is 18.5 Å². The number of aromatic nitrogens is 1. The molecule has 2 rings (SSSR count). The summed E-state index contributed by atoms with van der Waals surface area (Å²) in [6.07, 6.45) is 6.08. The van der Waals surface area contributed by atoms with Crippen molar-refractivity contribution < 1.29 is 0 Å².